The van der Waals surface area contributed by atoms with E-state index in [1.54, 1.807) is 61.2 Å². The monoisotopic (exact) mass is 417 g/mol. The summed E-state index contributed by atoms with van der Waals surface area (Å²) in [5.41, 5.74) is 1.91. The van der Waals surface area contributed by atoms with Crippen molar-refractivity contribution >= 4 is 38.8 Å². The normalized spacial score (nSPS) is 16.3. The zero-order valence-electron chi connectivity index (χ0n) is 15.1. The predicted molar refractivity (Wildman–Crippen MR) is 117 cm³/mol. The summed E-state index contributed by atoms with van der Waals surface area (Å²) in [6, 6.07) is 16.6. The molecule has 0 N–H and O–H groups in total. The Hall–Kier alpha value is -3.16. The zero-order chi connectivity index (χ0) is 20.1. The van der Waals surface area contributed by atoms with Gasteiger partial charge in [0.25, 0.3) is 0 Å². The van der Waals surface area contributed by atoms with E-state index in [0.717, 1.165) is 15.7 Å². The van der Waals surface area contributed by atoms with Crippen LogP contribution in [0.15, 0.2) is 102 Å². The Bertz CT molecular complexity index is 1020. The van der Waals surface area contributed by atoms with Gasteiger partial charge in [0.05, 0.1) is 10.1 Å². The Morgan fingerprint density at radius 3 is 1.69 bits per heavy atom. The molecule has 1 aliphatic rings. The maximum atomic E-state index is 12.7. The summed E-state index contributed by atoms with van der Waals surface area (Å²) in [5, 5.41) is 1.47. The molecule has 0 spiro atoms. The second-order valence-corrected chi connectivity index (χ2v) is 8.18. The summed E-state index contributed by atoms with van der Waals surface area (Å²) in [5.74, 6) is -0.274. The molecule has 3 heterocycles. The Kier molecular flexibility index (Phi) is 5.88. The second-order valence-electron chi connectivity index (χ2n) is 6.01. The van der Waals surface area contributed by atoms with Gasteiger partial charge in [-0.25, -0.2) is 0 Å². The van der Waals surface area contributed by atoms with Gasteiger partial charge < -0.3 is 0 Å². The van der Waals surface area contributed by atoms with Gasteiger partial charge in [0.1, 0.15) is 0 Å². The van der Waals surface area contributed by atoms with Crippen LogP contribution in [0.25, 0.3) is 0 Å². The SMILES string of the molecule is O=C(/C=C1\SS/C(=C\C(=O)c2cccnc2)N1c1ccccc1)c1cccnc1. The van der Waals surface area contributed by atoms with Gasteiger partial charge in [0.15, 0.2) is 11.6 Å². The van der Waals surface area contributed by atoms with Crippen molar-refractivity contribution in [1.82, 2.24) is 9.97 Å². The van der Waals surface area contributed by atoms with Crippen LogP contribution in [0.4, 0.5) is 5.69 Å². The third kappa shape index (κ3) is 4.47. The van der Waals surface area contributed by atoms with Gasteiger partial charge in [-0.3, -0.25) is 24.5 Å². The lowest BCUT2D eigenvalue weighted by Gasteiger charge is -2.19. The molecular formula is C22H15N3O2S2. The lowest BCUT2D eigenvalue weighted by Crippen LogP contribution is -2.16. The smallest absolute Gasteiger partial charge is 0.190 e. The standard InChI is InChI=1S/C22H15N3O2S2/c26-19(16-6-4-10-23-14-16)12-21-25(18-8-2-1-3-9-18)22(29-28-21)13-20(27)17-7-5-11-24-15-17/h1-15H/b21-12-,22-13-. The van der Waals surface area contributed by atoms with Crippen molar-refractivity contribution in [1.29, 1.82) is 0 Å². The second kappa shape index (κ2) is 8.89. The number of carbonyl (C=O) groups is 2. The predicted octanol–water partition coefficient (Wildman–Crippen LogP) is 5.13. The molecule has 0 bridgehead atoms. The highest BCUT2D eigenvalue weighted by molar-refractivity contribution is 8.80. The van der Waals surface area contributed by atoms with E-state index in [2.05, 4.69) is 9.97 Å². The third-order valence-electron chi connectivity index (χ3n) is 4.07. The number of allylic oxidation sites excluding steroid dienone is 2. The minimum absolute atomic E-state index is 0.137. The van der Waals surface area contributed by atoms with Crippen molar-refractivity contribution in [3.05, 3.63) is 113 Å². The van der Waals surface area contributed by atoms with E-state index in [9.17, 15) is 9.59 Å². The van der Waals surface area contributed by atoms with Gasteiger partial charge in [-0.05, 0) is 58.0 Å². The molecule has 1 aromatic carbocycles. The molecule has 0 radical (unpaired) electrons. The third-order valence-corrected chi connectivity index (χ3v) is 6.37. The molecule has 0 unspecified atom stereocenters. The van der Waals surface area contributed by atoms with Crippen molar-refractivity contribution in [2.24, 2.45) is 0 Å². The first-order chi connectivity index (χ1) is 14.2. The number of carbonyl (C=O) groups excluding carboxylic acids is 2. The van der Waals surface area contributed by atoms with Crippen LogP contribution >= 0.6 is 21.6 Å². The van der Waals surface area contributed by atoms with Gasteiger partial charge in [-0.1, -0.05) is 18.2 Å². The first-order valence-electron chi connectivity index (χ1n) is 8.74. The van der Waals surface area contributed by atoms with Crippen LogP contribution in [0, 0.1) is 0 Å². The molecule has 3 aromatic rings. The highest BCUT2D eigenvalue weighted by Gasteiger charge is 2.28. The first kappa shape index (κ1) is 19.2. The van der Waals surface area contributed by atoms with E-state index >= 15 is 0 Å². The molecule has 0 saturated carbocycles. The van der Waals surface area contributed by atoms with Crippen molar-refractivity contribution in [3.63, 3.8) is 0 Å². The lowest BCUT2D eigenvalue weighted by molar-refractivity contribution is 0.103. The fourth-order valence-electron chi connectivity index (χ4n) is 2.69. The van der Waals surface area contributed by atoms with Crippen LogP contribution in [0.3, 0.4) is 0 Å². The van der Waals surface area contributed by atoms with E-state index in [0.29, 0.717) is 11.1 Å². The molecule has 0 atom stereocenters. The summed E-state index contributed by atoms with van der Waals surface area (Å²) in [6.07, 6.45) is 9.51. The lowest BCUT2D eigenvalue weighted by atomic mass is 10.2. The molecule has 29 heavy (non-hydrogen) atoms. The number of rotatable bonds is 5. The first-order valence-corrected chi connectivity index (χ1v) is 10.9. The number of ketones is 2. The topological polar surface area (TPSA) is 63.2 Å². The highest BCUT2D eigenvalue weighted by atomic mass is 33.1. The van der Waals surface area contributed by atoms with Gasteiger partial charge in [0, 0.05) is 53.8 Å². The van der Waals surface area contributed by atoms with Crippen molar-refractivity contribution in [2.45, 2.75) is 0 Å². The molecule has 1 fully saturated rings. The average molecular weight is 418 g/mol. The zero-order valence-corrected chi connectivity index (χ0v) is 16.8. The summed E-state index contributed by atoms with van der Waals surface area (Å²) >= 11 is 0. The Labute approximate surface area is 176 Å². The van der Waals surface area contributed by atoms with Crippen LogP contribution in [0.5, 0.6) is 0 Å². The van der Waals surface area contributed by atoms with Gasteiger partial charge in [0.2, 0.25) is 0 Å². The minimum Gasteiger partial charge on any atom is -0.297 e. The van der Waals surface area contributed by atoms with Crippen LogP contribution in [-0.2, 0) is 0 Å². The number of hydrogen-bond donors (Lipinski definition) is 0. The van der Waals surface area contributed by atoms with E-state index in [1.165, 1.54) is 21.6 Å². The Morgan fingerprint density at radius 1 is 0.724 bits per heavy atom. The molecule has 4 rings (SSSR count). The van der Waals surface area contributed by atoms with Crippen molar-refractivity contribution in [2.75, 3.05) is 4.90 Å². The number of nitrogens with zero attached hydrogens (tertiary/aromatic N) is 3. The number of benzene rings is 1. The van der Waals surface area contributed by atoms with Crippen LogP contribution in [0.2, 0.25) is 0 Å². The van der Waals surface area contributed by atoms with Gasteiger partial charge >= 0.3 is 0 Å². The average Bonchev–Trinajstić information content (AvgIpc) is 3.17. The van der Waals surface area contributed by atoms with Crippen molar-refractivity contribution < 1.29 is 9.59 Å². The molecule has 2 aromatic heterocycles. The van der Waals surface area contributed by atoms with Crippen molar-refractivity contribution in [3.8, 4) is 0 Å². The Morgan fingerprint density at radius 2 is 1.24 bits per heavy atom. The number of aromatic nitrogens is 2. The maximum absolute atomic E-state index is 12.7. The van der Waals surface area contributed by atoms with E-state index < -0.39 is 0 Å². The molecule has 7 heteroatoms. The van der Waals surface area contributed by atoms with Crippen LogP contribution < -0.4 is 4.90 Å². The molecule has 142 valence electrons. The summed E-state index contributed by atoms with van der Waals surface area (Å²) in [6.45, 7) is 0. The molecule has 0 amide bonds. The molecule has 5 nitrogen and oxygen atoms in total. The number of hydrogen-bond acceptors (Lipinski definition) is 7. The summed E-state index contributed by atoms with van der Waals surface area (Å²) in [4.78, 5) is 35.3. The molecule has 1 aliphatic heterocycles. The number of anilines is 1. The van der Waals surface area contributed by atoms with Gasteiger partial charge in [-0.15, -0.1) is 0 Å². The summed E-state index contributed by atoms with van der Waals surface area (Å²) in [7, 11) is 2.88. The van der Waals surface area contributed by atoms with Crippen LogP contribution in [0.1, 0.15) is 20.7 Å². The quantitative estimate of drug-likeness (QED) is 0.324. The molecule has 1 saturated heterocycles. The fourth-order valence-corrected chi connectivity index (χ4v) is 5.03. The molecular weight excluding hydrogens is 402 g/mol. The van der Waals surface area contributed by atoms with Gasteiger partial charge in [-0.2, -0.15) is 0 Å². The largest absolute Gasteiger partial charge is 0.297 e. The highest BCUT2D eigenvalue weighted by Crippen LogP contribution is 2.51. The number of pyridine rings is 2. The fraction of sp³-hybridized carbons (Fsp3) is 0. The van der Waals surface area contributed by atoms with E-state index in [1.807, 2.05) is 35.2 Å². The van der Waals surface area contributed by atoms with E-state index in [-0.39, 0.29) is 11.6 Å². The van der Waals surface area contributed by atoms with Crippen LogP contribution in [-0.4, -0.2) is 21.5 Å². The summed E-state index contributed by atoms with van der Waals surface area (Å²) < 4.78 is 0. The maximum Gasteiger partial charge on any atom is 0.190 e. The Balaban J connectivity index is 1.70. The number of para-hydroxylation sites is 1. The molecule has 0 aliphatic carbocycles. The van der Waals surface area contributed by atoms with E-state index in [4.69, 9.17) is 0 Å². The minimum atomic E-state index is -0.137.